The van der Waals surface area contributed by atoms with Crippen molar-refractivity contribution in [2.75, 3.05) is 14.2 Å². The molecule has 0 saturated heterocycles. The number of hydrogen-bond acceptors (Lipinski definition) is 4. The second-order valence-corrected chi connectivity index (χ2v) is 19.0. The van der Waals surface area contributed by atoms with Crippen LogP contribution in [0.5, 0.6) is 34.5 Å². The van der Waals surface area contributed by atoms with Crippen LogP contribution in [0.4, 0.5) is 0 Å². The molecular weight excluding hydrogens is 670 g/mol. The molecule has 2 heterocycles. The number of hydrogen-bond donors (Lipinski definition) is 0. The average Bonchev–Trinajstić information content (AvgIpc) is 3.09. The quantitative estimate of drug-likeness (QED) is 0.251. The Bertz CT molecular complexity index is 1710. The first-order valence-corrected chi connectivity index (χ1v) is 20.0. The van der Waals surface area contributed by atoms with Crippen molar-refractivity contribution in [2.45, 2.75) is 0 Å². The van der Waals surface area contributed by atoms with E-state index in [0.29, 0.717) is 0 Å². The summed E-state index contributed by atoms with van der Waals surface area (Å²) in [5, 5.41) is 0. The predicted octanol–water partition coefficient (Wildman–Crippen LogP) is 4.63. The average molecular weight is 700 g/mol. The van der Waals surface area contributed by atoms with Crippen LogP contribution in [0.25, 0.3) is 0 Å². The van der Waals surface area contributed by atoms with Gasteiger partial charge in [0.2, 0.25) is 0 Å². The molecule has 2 aliphatic heterocycles. The molecule has 0 bridgehead atoms. The minimum atomic E-state index is -1.67. The Kier molecular flexibility index (Phi) is 8.20. The van der Waals surface area contributed by atoms with Crippen LogP contribution >= 0.6 is 0 Å². The van der Waals surface area contributed by atoms with E-state index in [2.05, 4.69) is 97.1 Å². The molecule has 0 aromatic heterocycles. The molecule has 6 aromatic carbocycles. The Hall–Kier alpha value is -4.36. The van der Waals surface area contributed by atoms with E-state index in [4.69, 9.17) is 18.9 Å². The molecule has 0 saturated carbocycles. The van der Waals surface area contributed by atoms with Crippen molar-refractivity contribution in [3.05, 3.63) is 146 Å². The molecule has 0 spiro atoms. The van der Waals surface area contributed by atoms with Crippen molar-refractivity contribution in [1.29, 1.82) is 0 Å². The number of benzene rings is 6. The SMILES string of the molecule is COc1ccccc1[As]1c2ccccc2Oc2ccccc21.COc1ccccc1[As]1c2ccccc2Oc2ccccc21. The third-order valence-corrected chi connectivity index (χ3v) is 18.2. The topological polar surface area (TPSA) is 36.9 Å². The Balaban J connectivity index is 0.000000142. The number of methoxy groups -OCH3 is 2. The Morgan fingerprint density at radius 2 is 0.591 bits per heavy atom. The molecule has 6 heteroatoms. The molecule has 2 aliphatic rings. The van der Waals surface area contributed by atoms with Gasteiger partial charge in [0.05, 0.1) is 0 Å². The summed E-state index contributed by atoms with van der Waals surface area (Å²) in [7, 11) is 3.48. The number of rotatable bonds is 4. The molecular formula is C38H30As2O4. The van der Waals surface area contributed by atoms with Crippen molar-refractivity contribution in [3.8, 4) is 34.5 Å². The van der Waals surface area contributed by atoms with Crippen LogP contribution in [0.3, 0.4) is 0 Å². The van der Waals surface area contributed by atoms with Crippen molar-refractivity contribution < 1.29 is 18.9 Å². The third-order valence-electron chi connectivity index (χ3n) is 7.52. The van der Waals surface area contributed by atoms with Gasteiger partial charge in [-0.2, -0.15) is 0 Å². The molecule has 0 atom stereocenters. The van der Waals surface area contributed by atoms with E-state index in [1.807, 2.05) is 48.5 Å². The van der Waals surface area contributed by atoms with E-state index < -0.39 is 29.3 Å². The van der Waals surface area contributed by atoms with Gasteiger partial charge in [-0.15, -0.1) is 0 Å². The standard InChI is InChI=1S/2C19H15AsO2/c2*1-21-17-11-5-2-8-14(17)20-15-9-3-6-12-18(15)22-19-13-7-4-10-16(19)20/h2*2-13H,1H3. The van der Waals surface area contributed by atoms with Gasteiger partial charge in [-0.1, -0.05) is 0 Å². The normalized spacial score (nSPS) is 13.0. The van der Waals surface area contributed by atoms with Crippen LogP contribution in [-0.4, -0.2) is 43.5 Å². The number of fused-ring (bicyclic) bond motifs is 4. The maximum absolute atomic E-state index is 6.10. The van der Waals surface area contributed by atoms with Gasteiger partial charge in [0, 0.05) is 0 Å². The zero-order chi connectivity index (χ0) is 29.9. The van der Waals surface area contributed by atoms with E-state index in [1.165, 1.54) is 26.1 Å². The monoisotopic (exact) mass is 700 g/mol. The third kappa shape index (κ3) is 5.30. The summed E-state index contributed by atoms with van der Waals surface area (Å²) in [4.78, 5) is 0. The van der Waals surface area contributed by atoms with Crippen LogP contribution in [-0.2, 0) is 0 Å². The Morgan fingerprint density at radius 1 is 0.341 bits per heavy atom. The van der Waals surface area contributed by atoms with Gasteiger partial charge < -0.3 is 0 Å². The Labute approximate surface area is 267 Å². The van der Waals surface area contributed by atoms with Gasteiger partial charge >= 0.3 is 269 Å². The molecule has 0 fully saturated rings. The summed E-state index contributed by atoms with van der Waals surface area (Å²) in [6, 6.07) is 50.2. The van der Waals surface area contributed by atoms with Crippen LogP contribution < -0.4 is 45.1 Å². The zero-order valence-electron chi connectivity index (χ0n) is 24.4. The van der Waals surface area contributed by atoms with Gasteiger partial charge in [0.1, 0.15) is 0 Å². The zero-order valence-corrected chi connectivity index (χ0v) is 28.1. The number of para-hydroxylation sites is 6. The Morgan fingerprint density at radius 3 is 0.886 bits per heavy atom. The van der Waals surface area contributed by atoms with Crippen LogP contribution in [0.15, 0.2) is 146 Å². The van der Waals surface area contributed by atoms with E-state index in [1.54, 1.807) is 14.2 Å². The summed E-state index contributed by atoms with van der Waals surface area (Å²) >= 11 is -3.34. The van der Waals surface area contributed by atoms with E-state index in [9.17, 15) is 0 Å². The van der Waals surface area contributed by atoms with Crippen molar-refractivity contribution >= 4 is 55.4 Å². The van der Waals surface area contributed by atoms with Gasteiger partial charge in [0.15, 0.2) is 0 Å². The maximum atomic E-state index is 6.10. The molecule has 216 valence electrons. The molecule has 0 N–H and O–H groups in total. The van der Waals surface area contributed by atoms with Gasteiger partial charge in [-0.25, -0.2) is 0 Å². The van der Waals surface area contributed by atoms with E-state index in [0.717, 1.165) is 34.5 Å². The fraction of sp³-hybridized carbons (Fsp3) is 0.0526. The van der Waals surface area contributed by atoms with E-state index >= 15 is 0 Å². The molecule has 4 nitrogen and oxygen atoms in total. The first kappa shape index (κ1) is 28.4. The van der Waals surface area contributed by atoms with Gasteiger partial charge in [-0.05, 0) is 0 Å². The first-order valence-electron chi connectivity index (χ1n) is 14.3. The van der Waals surface area contributed by atoms with Crippen LogP contribution in [0, 0.1) is 0 Å². The first-order chi connectivity index (χ1) is 21.8. The summed E-state index contributed by atoms with van der Waals surface area (Å²) in [6.07, 6.45) is 0. The second-order valence-electron chi connectivity index (χ2n) is 10.1. The van der Waals surface area contributed by atoms with Crippen molar-refractivity contribution in [3.63, 3.8) is 0 Å². The summed E-state index contributed by atoms with van der Waals surface area (Å²) in [5.74, 6) is 5.85. The van der Waals surface area contributed by atoms with Crippen LogP contribution in [0.2, 0.25) is 0 Å². The van der Waals surface area contributed by atoms with E-state index in [-0.39, 0.29) is 0 Å². The summed E-state index contributed by atoms with van der Waals surface area (Å²) in [5.41, 5.74) is 0. The number of ether oxygens (including phenoxy) is 4. The van der Waals surface area contributed by atoms with Gasteiger partial charge in [0.25, 0.3) is 0 Å². The van der Waals surface area contributed by atoms with Crippen molar-refractivity contribution in [1.82, 2.24) is 0 Å². The molecule has 0 amide bonds. The molecule has 8 rings (SSSR count). The fourth-order valence-corrected chi connectivity index (χ4v) is 16.3. The van der Waals surface area contributed by atoms with Crippen LogP contribution in [0.1, 0.15) is 0 Å². The van der Waals surface area contributed by atoms with Gasteiger partial charge in [-0.3, -0.25) is 0 Å². The molecule has 0 radical (unpaired) electrons. The fourth-order valence-electron chi connectivity index (χ4n) is 5.56. The molecule has 6 aromatic rings. The summed E-state index contributed by atoms with van der Waals surface area (Å²) < 4.78 is 31.3. The molecule has 0 aliphatic carbocycles. The second kappa shape index (κ2) is 12.7. The van der Waals surface area contributed by atoms with Crippen molar-refractivity contribution in [2.24, 2.45) is 0 Å². The molecule has 0 unspecified atom stereocenters. The predicted molar refractivity (Wildman–Crippen MR) is 181 cm³/mol. The molecule has 44 heavy (non-hydrogen) atoms. The minimum absolute atomic E-state index is 0.967. The summed E-state index contributed by atoms with van der Waals surface area (Å²) in [6.45, 7) is 0.